The lowest BCUT2D eigenvalue weighted by molar-refractivity contribution is -0.142. The molecule has 0 aliphatic rings. The molecule has 1 aromatic carbocycles. The quantitative estimate of drug-likeness (QED) is 0.444. The van der Waals surface area contributed by atoms with Gasteiger partial charge in [-0.3, -0.25) is 9.59 Å². The lowest BCUT2D eigenvalue weighted by Crippen LogP contribution is -2.55. The first-order valence-electron chi connectivity index (χ1n) is 8.88. The van der Waals surface area contributed by atoms with Crippen molar-refractivity contribution in [2.75, 3.05) is 12.0 Å². The van der Waals surface area contributed by atoms with Crippen LogP contribution in [0.5, 0.6) is 0 Å². The molecule has 5 N–H and O–H groups in total. The van der Waals surface area contributed by atoms with Gasteiger partial charge in [-0.1, -0.05) is 44.2 Å². The van der Waals surface area contributed by atoms with E-state index in [1.54, 1.807) is 12.1 Å². The topological polar surface area (TPSA) is 122 Å². The van der Waals surface area contributed by atoms with Gasteiger partial charge in [0.15, 0.2) is 0 Å². The van der Waals surface area contributed by atoms with Crippen LogP contribution in [0.1, 0.15) is 25.8 Å². The molecule has 0 saturated heterocycles. The van der Waals surface area contributed by atoms with Gasteiger partial charge in [0, 0.05) is 6.42 Å². The zero-order valence-electron chi connectivity index (χ0n) is 16.0. The molecule has 7 nitrogen and oxygen atoms in total. The number of carboxylic acids is 1. The number of rotatable bonds is 11. The molecule has 0 aliphatic carbocycles. The van der Waals surface area contributed by atoms with E-state index in [2.05, 4.69) is 10.6 Å². The molecule has 1 rings (SSSR count). The number of carbonyl (C=O) groups is 3. The largest absolute Gasteiger partial charge is 0.480 e. The van der Waals surface area contributed by atoms with Crippen LogP contribution in [0.3, 0.4) is 0 Å². The zero-order chi connectivity index (χ0) is 20.4. The lowest BCUT2D eigenvalue weighted by Gasteiger charge is -2.23. The first-order chi connectivity index (χ1) is 12.8. The van der Waals surface area contributed by atoms with Crippen LogP contribution < -0.4 is 16.4 Å². The van der Waals surface area contributed by atoms with Gasteiger partial charge in [0.05, 0.1) is 6.04 Å². The molecule has 3 unspecified atom stereocenters. The molecule has 3 atom stereocenters. The Hall–Kier alpha value is -2.06. The highest BCUT2D eigenvalue weighted by atomic mass is 32.2. The average Bonchev–Trinajstić information content (AvgIpc) is 2.64. The molecule has 0 aliphatic heterocycles. The second-order valence-corrected chi connectivity index (χ2v) is 7.69. The van der Waals surface area contributed by atoms with E-state index in [0.29, 0.717) is 12.2 Å². The van der Waals surface area contributed by atoms with Crippen LogP contribution in [-0.4, -0.2) is 53.0 Å². The number of thioether (sulfide) groups is 1. The Kier molecular flexibility index (Phi) is 9.88. The number of aliphatic carboxylic acids is 1. The van der Waals surface area contributed by atoms with Crippen molar-refractivity contribution in [3.05, 3.63) is 35.9 Å². The molecule has 0 heterocycles. The Balaban J connectivity index is 2.82. The summed E-state index contributed by atoms with van der Waals surface area (Å²) in [5.74, 6) is -1.48. The molecule has 8 heteroatoms. The molecular formula is C19H29N3O4S. The van der Waals surface area contributed by atoms with Crippen molar-refractivity contribution in [2.24, 2.45) is 11.7 Å². The summed E-state index contributed by atoms with van der Waals surface area (Å²) in [6.45, 7) is 3.64. The third-order valence-corrected chi connectivity index (χ3v) is 4.81. The molecule has 0 radical (unpaired) electrons. The molecule has 1 aromatic rings. The first kappa shape index (κ1) is 23.0. The van der Waals surface area contributed by atoms with Gasteiger partial charge < -0.3 is 21.5 Å². The minimum Gasteiger partial charge on any atom is -0.480 e. The first-order valence-corrected chi connectivity index (χ1v) is 10.3. The van der Waals surface area contributed by atoms with Gasteiger partial charge >= 0.3 is 5.97 Å². The summed E-state index contributed by atoms with van der Waals surface area (Å²) in [4.78, 5) is 36.4. The fourth-order valence-corrected chi connectivity index (χ4v) is 2.87. The van der Waals surface area contributed by atoms with Crippen LogP contribution >= 0.6 is 11.8 Å². The van der Waals surface area contributed by atoms with Gasteiger partial charge in [-0.15, -0.1) is 0 Å². The van der Waals surface area contributed by atoms with Crippen LogP contribution in [-0.2, 0) is 20.8 Å². The monoisotopic (exact) mass is 395 g/mol. The highest BCUT2D eigenvalue weighted by Crippen LogP contribution is 2.07. The van der Waals surface area contributed by atoms with Crippen molar-refractivity contribution in [3.8, 4) is 0 Å². The average molecular weight is 396 g/mol. The second kappa shape index (κ2) is 11.6. The lowest BCUT2D eigenvalue weighted by atomic mass is 10.0. The number of nitrogens with one attached hydrogen (secondary N) is 2. The third kappa shape index (κ3) is 8.01. The Morgan fingerprint density at radius 1 is 1.07 bits per heavy atom. The summed E-state index contributed by atoms with van der Waals surface area (Å²) in [5.41, 5.74) is 6.65. The van der Waals surface area contributed by atoms with Gasteiger partial charge in [-0.2, -0.15) is 11.8 Å². The van der Waals surface area contributed by atoms with Crippen molar-refractivity contribution < 1.29 is 19.5 Å². The Morgan fingerprint density at radius 2 is 1.67 bits per heavy atom. The Bertz CT molecular complexity index is 625. The maximum absolute atomic E-state index is 12.6. The fraction of sp³-hybridized carbons (Fsp3) is 0.526. The highest BCUT2D eigenvalue weighted by molar-refractivity contribution is 7.98. The smallest absolute Gasteiger partial charge is 0.326 e. The van der Waals surface area contributed by atoms with E-state index in [4.69, 9.17) is 5.73 Å². The van der Waals surface area contributed by atoms with Gasteiger partial charge in [-0.25, -0.2) is 4.79 Å². The summed E-state index contributed by atoms with van der Waals surface area (Å²) < 4.78 is 0. The second-order valence-electron chi connectivity index (χ2n) is 6.70. The van der Waals surface area contributed by atoms with Crippen LogP contribution in [0.25, 0.3) is 0 Å². The maximum atomic E-state index is 12.6. The van der Waals surface area contributed by atoms with E-state index < -0.39 is 35.9 Å². The predicted molar refractivity (Wildman–Crippen MR) is 107 cm³/mol. The van der Waals surface area contributed by atoms with Crippen LogP contribution in [0.2, 0.25) is 0 Å². The number of nitrogens with two attached hydrogens (primary N) is 1. The van der Waals surface area contributed by atoms with E-state index in [9.17, 15) is 19.5 Å². The van der Waals surface area contributed by atoms with Gasteiger partial charge in [0.25, 0.3) is 0 Å². The summed E-state index contributed by atoms with van der Waals surface area (Å²) in [6.07, 6.45) is 2.45. The normalized spacial score (nSPS) is 14.3. The highest BCUT2D eigenvalue weighted by Gasteiger charge is 2.28. The van der Waals surface area contributed by atoms with Crippen molar-refractivity contribution in [2.45, 2.75) is 44.8 Å². The fourth-order valence-electron chi connectivity index (χ4n) is 2.40. The van der Waals surface area contributed by atoms with Crippen LogP contribution in [0.15, 0.2) is 30.3 Å². The number of carboxylic acid groups (broad SMARTS) is 1. The van der Waals surface area contributed by atoms with Gasteiger partial charge in [-0.05, 0) is 29.9 Å². The number of hydrogen-bond acceptors (Lipinski definition) is 5. The maximum Gasteiger partial charge on any atom is 0.326 e. The minimum absolute atomic E-state index is 0.0703. The number of benzene rings is 1. The van der Waals surface area contributed by atoms with E-state index in [1.807, 2.05) is 38.3 Å². The molecular weight excluding hydrogens is 366 g/mol. The predicted octanol–water partition coefficient (Wildman–Crippen LogP) is 1.02. The molecule has 0 fully saturated rings. The molecule has 0 spiro atoms. The molecule has 150 valence electrons. The van der Waals surface area contributed by atoms with Crippen molar-refractivity contribution in [3.63, 3.8) is 0 Å². The van der Waals surface area contributed by atoms with Crippen molar-refractivity contribution in [1.82, 2.24) is 10.6 Å². The Labute approximate surface area is 164 Å². The Morgan fingerprint density at radius 3 is 2.19 bits per heavy atom. The zero-order valence-corrected chi connectivity index (χ0v) is 16.8. The third-order valence-electron chi connectivity index (χ3n) is 4.16. The molecule has 0 bridgehead atoms. The van der Waals surface area contributed by atoms with Crippen molar-refractivity contribution >= 4 is 29.5 Å². The van der Waals surface area contributed by atoms with Gasteiger partial charge in [0.2, 0.25) is 11.8 Å². The van der Waals surface area contributed by atoms with E-state index in [0.717, 1.165) is 5.56 Å². The summed E-state index contributed by atoms with van der Waals surface area (Å²) >= 11 is 1.54. The van der Waals surface area contributed by atoms with Crippen LogP contribution in [0.4, 0.5) is 0 Å². The number of hydrogen-bond donors (Lipinski definition) is 4. The minimum atomic E-state index is -1.12. The van der Waals surface area contributed by atoms with Crippen molar-refractivity contribution in [1.29, 1.82) is 0 Å². The molecule has 2 amide bonds. The van der Waals surface area contributed by atoms with Crippen LogP contribution in [0, 0.1) is 5.92 Å². The van der Waals surface area contributed by atoms with E-state index in [-0.39, 0.29) is 12.3 Å². The molecule has 27 heavy (non-hydrogen) atoms. The molecule has 0 saturated carbocycles. The summed E-state index contributed by atoms with van der Waals surface area (Å²) in [7, 11) is 0. The van der Waals surface area contributed by atoms with Gasteiger partial charge in [0.1, 0.15) is 12.1 Å². The number of carbonyl (C=O) groups excluding carboxylic acids is 2. The van der Waals surface area contributed by atoms with E-state index >= 15 is 0 Å². The standard InChI is InChI=1S/C19H29N3O4S/c1-12(2)16(20)18(24)21-14(9-10-27-3)17(23)22-15(19(25)26)11-13-7-5-4-6-8-13/h4-8,12,14-16H,9-11,20H2,1-3H3,(H,21,24)(H,22,23)(H,25,26). The summed E-state index contributed by atoms with van der Waals surface area (Å²) in [6, 6.07) is 6.43. The SMILES string of the molecule is CSCCC(NC(=O)C(N)C(C)C)C(=O)NC(Cc1ccccc1)C(=O)O. The van der Waals surface area contributed by atoms with E-state index in [1.165, 1.54) is 11.8 Å². The number of amides is 2. The molecule has 0 aromatic heterocycles. The summed E-state index contributed by atoms with van der Waals surface area (Å²) in [5, 5.41) is 14.7.